The van der Waals surface area contributed by atoms with Crippen LogP contribution in [-0.4, -0.2) is 85.2 Å². The second kappa shape index (κ2) is 16.8. The Hall–Kier alpha value is -4.36. The summed E-state index contributed by atoms with van der Waals surface area (Å²) in [5.41, 5.74) is 13.0. The van der Waals surface area contributed by atoms with Gasteiger partial charge < -0.3 is 30.0 Å². The molecule has 5 heterocycles. The minimum absolute atomic E-state index is 0.0261. The number of aromatic nitrogens is 5. The molecule has 0 aliphatic carbocycles. The van der Waals surface area contributed by atoms with Gasteiger partial charge in [0.2, 0.25) is 0 Å². The number of aryl methyl sites for hydroxylation is 3. The van der Waals surface area contributed by atoms with Crippen LogP contribution in [0, 0.1) is 26.6 Å². The summed E-state index contributed by atoms with van der Waals surface area (Å²) in [5, 5.41) is 3.52. The molecule has 7 rings (SSSR count). The molecule has 51 heavy (non-hydrogen) atoms. The van der Waals surface area contributed by atoms with E-state index in [4.69, 9.17) is 5.73 Å². The Morgan fingerprint density at radius 2 is 1.22 bits per heavy atom. The van der Waals surface area contributed by atoms with E-state index in [1.54, 1.807) is 19.2 Å². The third-order valence-corrected chi connectivity index (χ3v) is 10.2. The normalized spacial score (nSPS) is 16.4. The summed E-state index contributed by atoms with van der Waals surface area (Å²) >= 11 is 0. The highest BCUT2D eigenvalue weighted by Crippen LogP contribution is 2.16. The lowest BCUT2D eigenvalue weighted by molar-refractivity contribution is 0.191. The molecule has 2 aliphatic heterocycles. The van der Waals surface area contributed by atoms with Gasteiger partial charge in [0.1, 0.15) is 5.82 Å². The molecule has 5 aromatic rings. The molecule has 3 aromatic heterocycles. The van der Waals surface area contributed by atoms with Gasteiger partial charge in [-0.25, -0.2) is 14.4 Å². The van der Waals surface area contributed by atoms with Gasteiger partial charge in [0, 0.05) is 51.0 Å². The number of rotatable bonds is 9. The lowest BCUT2D eigenvalue weighted by Crippen LogP contribution is -2.43. The van der Waals surface area contributed by atoms with Crippen molar-refractivity contribution in [2.24, 2.45) is 5.73 Å². The lowest BCUT2D eigenvalue weighted by Gasteiger charge is -2.32. The molecule has 0 radical (unpaired) electrons. The zero-order valence-electron chi connectivity index (χ0n) is 30.0. The van der Waals surface area contributed by atoms with Gasteiger partial charge in [-0.15, -0.1) is 0 Å². The maximum absolute atomic E-state index is 13.6. The van der Waals surface area contributed by atoms with Crippen LogP contribution in [-0.2, 0) is 19.6 Å². The first-order valence-electron chi connectivity index (χ1n) is 18.1. The van der Waals surface area contributed by atoms with Crippen LogP contribution in [0.15, 0.2) is 70.6 Å². The molecule has 2 aliphatic rings. The molecule has 3 N–H and O–H groups in total. The Morgan fingerprint density at radius 3 is 1.73 bits per heavy atom. The summed E-state index contributed by atoms with van der Waals surface area (Å²) in [6, 6.07) is 14.4. The molecule has 0 saturated carbocycles. The summed E-state index contributed by atoms with van der Waals surface area (Å²) in [6.07, 6.45) is 8.73. The highest BCUT2D eigenvalue weighted by atomic mass is 19.1. The monoisotopic (exact) mass is 695 g/mol. The predicted molar refractivity (Wildman–Crippen MR) is 200 cm³/mol. The van der Waals surface area contributed by atoms with E-state index < -0.39 is 0 Å². The quantitative estimate of drug-likeness (QED) is 0.236. The van der Waals surface area contributed by atoms with E-state index in [9.17, 15) is 14.0 Å². The van der Waals surface area contributed by atoms with Crippen LogP contribution in [0.3, 0.4) is 0 Å². The van der Waals surface area contributed by atoms with Gasteiger partial charge in [-0.2, -0.15) is 0 Å². The number of likely N-dealkylation sites (tertiary alicyclic amines) is 2. The van der Waals surface area contributed by atoms with E-state index in [0.29, 0.717) is 37.4 Å². The topological polar surface area (TPSA) is 127 Å². The van der Waals surface area contributed by atoms with E-state index in [2.05, 4.69) is 30.1 Å². The fourth-order valence-electron chi connectivity index (χ4n) is 6.93. The Morgan fingerprint density at radius 1 is 0.706 bits per heavy atom. The van der Waals surface area contributed by atoms with E-state index in [0.717, 1.165) is 104 Å². The third kappa shape index (κ3) is 9.50. The van der Waals surface area contributed by atoms with Gasteiger partial charge >= 0.3 is 0 Å². The average Bonchev–Trinajstić information content (AvgIpc) is 3.13. The van der Waals surface area contributed by atoms with Crippen LogP contribution in [0.25, 0.3) is 22.1 Å². The van der Waals surface area contributed by atoms with Crippen molar-refractivity contribution in [1.29, 1.82) is 0 Å². The minimum Gasteiger partial charge on any atom is -0.328 e. The van der Waals surface area contributed by atoms with Crippen LogP contribution < -0.4 is 22.2 Å². The van der Waals surface area contributed by atoms with Crippen LogP contribution >= 0.6 is 0 Å². The summed E-state index contributed by atoms with van der Waals surface area (Å²) in [5.74, 6) is -0.252. The molecule has 0 amide bonds. The van der Waals surface area contributed by atoms with Crippen LogP contribution in [0.2, 0.25) is 0 Å². The molecule has 270 valence electrons. The lowest BCUT2D eigenvalue weighted by atomic mass is 10.0. The summed E-state index contributed by atoms with van der Waals surface area (Å²) in [4.78, 5) is 41.9. The summed E-state index contributed by atoms with van der Waals surface area (Å²) in [6.45, 7) is 13.5. The first-order valence-corrected chi connectivity index (χ1v) is 18.1. The Labute approximate surface area is 298 Å². The van der Waals surface area contributed by atoms with Crippen molar-refractivity contribution in [1.82, 2.24) is 39.2 Å². The number of pyridine rings is 1. The number of nitrogens with zero attached hydrogens (tertiary/aromatic N) is 7. The predicted octanol–water partition coefficient (Wildman–Crippen LogP) is 3.93. The fourth-order valence-corrected chi connectivity index (χ4v) is 6.93. The highest BCUT2D eigenvalue weighted by Gasteiger charge is 2.20. The molecule has 2 saturated heterocycles. The SMILES string of the molecule is Cc1ccc2ncc(=O)n(CCN3CCC(N)CC3)c2c1.Cc1ccc2ncc(=O)n(CCN3CCC(NCc4cnc(C)c(F)c4)CC3)c2c1. The summed E-state index contributed by atoms with van der Waals surface area (Å²) in [7, 11) is 0. The van der Waals surface area contributed by atoms with Gasteiger partial charge in [-0.1, -0.05) is 12.1 Å². The molecule has 0 spiro atoms. The Balaban J connectivity index is 0.000000187. The van der Waals surface area contributed by atoms with Crippen LogP contribution in [0.1, 0.15) is 48.1 Å². The highest BCUT2D eigenvalue weighted by molar-refractivity contribution is 5.76. The molecular formula is C39H50FN9O2. The van der Waals surface area contributed by atoms with Crippen molar-refractivity contribution < 1.29 is 4.39 Å². The summed E-state index contributed by atoms with van der Waals surface area (Å²) < 4.78 is 17.3. The molecule has 12 heteroatoms. The second-order valence-electron chi connectivity index (χ2n) is 14.1. The van der Waals surface area contributed by atoms with Crippen LogP contribution in [0.4, 0.5) is 4.39 Å². The standard InChI is InChI=1S/C23H28FN5O.C16H22N4O/c1-16-3-4-21-22(11-16)29(23(30)15-27-21)10-9-28-7-5-19(6-8-28)26-14-18-12-20(24)17(2)25-13-18;1-12-2-3-14-15(10-12)20(16(21)11-18-14)9-8-19-6-4-13(17)5-7-19/h3-4,11-13,15,19,26H,5-10,14H2,1-2H3;2-3,10-11,13H,4-9,17H2,1H3. The van der Waals surface area contributed by atoms with Crippen molar-refractivity contribution in [2.75, 3.05) is 39.3 Å². The molecule has 0 atom stereocenters. The fraction of sp³-hybridized carbons (Fsp3) is 0.462. The molecule has 0 unspecified atom stereocenters. The molecule has 2 fully saturated rings. The number of halogens is 1. The van der Waals surface area contributed by atoms with Crippen molar-refractivity contribution >= 4 is 22.1 Å². The first kappa shape index (κ1) is 36.4. The van der Waals surface area contributed by atoms with Crippen molar-refractivity contribution in [3.8, 4) is 0 Å². The number of fused-ring (bicyclic) bond motifs is 2. The van der Waals surface area contributed by atoms with Gasteiger partial charge in [0.25, 0.3) is 11.1 Å². The second-order valence-corrected chi connectivity index (χ2v) is 14.1. The van der Waals surface area contributed by atoms with E-state index in [1.165, 1.54) is 12.4 Å². The van der Waals surface area contributed by atoms with E-state index in [-0.39, 0.29) is 16.9 Å². The number of benzene rings is 2. The van der Waals surface area contributed by atoms with Crippen LogP contribution in [0.5, 0.6) is 0 Å². The number of hydrogen-bond acceptors (Lipinski definition) is 9. The number of nitrogens with one attached hydrogen (secondary N) is 1. The minimum atomic E-state index is -0.252. The van der Waals surface area contributed by atoms with Gasteiger partial charge in [-0.3, -0.25) is 14.6 Å². The van der Waals surface area contributed by atoms with Gasteiger partial charge in [0.05, 0.1) is 40.2 Å². The Bertz CT molecular complexity index is 2060. The van der Waals surface area contributed by atoms with Crippen molar-refractivity contribution in [3.05, 3.63) is 110 Å². The maximum Gasteiger partial charge on any atom is 0.269 e. The van der Waals surface area contributed by atoms with Gasteiger partial charge in [0.15, 0.2) is 0 Å². The first-order chi connectivity index (χ1) is 24.6. The molecular weight excluding hydrogens is 645 g/mol. The van der Waals surface area contributed by atoms with E-state index in [1.807, 2.05) is 59.4 Å². The zero-order chi connectivity index (χ0) is 35.9. The van der Waals surface area contributed by atoms with Crippen molar-refractivity contribution in [2.45, 2.75) is 78.2 Å². The third-order valence-electron chi connectivity index (χ3n) is 10.2. The Kier molecular flexibility index (Phi) is 12.0. The smallest absolute Gasteiger partial charge is 0.269 e. The average molecular weight is 696 g/mol. The van der Waals surface area contributed by atoms with Crippen molar-refractivity contribution in [3.63, 3.8) is 0 Å². The largest absolute Gasteiger partial charge is 0.328 e. The number of hydrogen-bond donors (Lipinski definition) is 2. The molecule has 0 bridgehead atoms. The number of nitrogens with two attached hydrogens (primary N) is 1. The zero-order valence-corrected chi connectivity index (χ0v) is 30.0. The molecule has 11 nitrogen and oxygen atoms in total. The van der Waals surface area contributed by atoms with Gasteiger partial charge in [-0.05, 0) is 120 Å². The molecule has 2 aromatic carbocycles. The number of piperidine rings is 2. The van der Waals surface area contributed by atoms with E-state index >= 15 is 0 Å². The maximum atomic E-state index is 13.6.